The molecule has 23 heavy (non-hydrogen) atoms. The maximum absolute atomic E-state index is 12.1. The number of hydrogen-bond donors (Lipinski definition) is 2. The van der Waals surface area contributed by atoms with E-state index in [1.807, 2.05) is 27.4 Å². The Hall–Kier alpha value is -1.36. The van der Waals surface area contributed by atoms with Gasteiger partial charge in [-0.25, -0.2) is 8.42 Å². The third-order valence-corrected chi connectivity index (χ3v) is 5.20. The predicted molar refractivity (Wildman–Crippen MR) is 95.0 cm³/mol. The summed E-state index contributed by atoms with van der Waals surface area (Å²) in [6, 6.07) is 10.3. The first-order valence-electron chi connectivity index (χ1n) is 6.25. The zero-order valence-corrected chi connectivity index (χ0v) is 15.6. The van der Waals surface area contributed by atoms with Gasteiger partial charge in [-0.2, -0.15) is 0 Å². The number of carbonyl (C=O) groups is 1. The van der Waals surface area contributed by atoms with Crippen LogP contribution in [-0.2, 0) is 10.0 Å². The number of rotatable bonds is 5. The highest BCUT2D eigenvalue weighted by atomic mass is 127. The number of halogens is 2. The molecule has 0 fully saturated rings. The van der Waals surface area contributed by atoms with Crippen molar-refractivity contribution in [2.24, 2.45) is 0 Å². The number of carbonyl (C=O) groups excluding carboxylic acids is 1. The SMILES string of the molecule is COc1ccc(C(=O)NNS(=O)(=O)c2ccc(Cl)cc2)cc1I. The average molecular weight is 467 g/mol. The standard InChI is InChI=1S/C14H12ClIN2O4S/c1-22-13-7-2-9(8-12(13)16)14(19)17-18-23(20,21)11-5-3-10(15)4-6-11/h2-8,18H,1H3,(H,17,19). The summed E-state index contributed by atoms with van der Waals surface area (Å²) < 4.78 is 29.9. The van der Waals surface area contributed by atoms with E-state index in [1.54, 1.807) is 12.1 Å². The molecule has 0 unspecified atom stereocenters. The summed E-state index contributed by atoms with van der Waals surface area (Å²) in [6.07, 6.45) is 0. The second-order valence-electron chi connectivity index (χ2n) is 4.36. The molecule has 9 heteroatoms. The topological polar surface area (TPSA) is 84.5 Å². The van der Waals surface area contributed by atoms with Gasteiger partial charge in [-0.05, 0) is 65.1 Å². The van der Waals surface area contributed by atoms with E-state index >= 15 is 0 Å². The van der Waals surface area contributed by atoms with Crippen LogP contribution < -0.4 is 15.0 Å². The van der Waals surface area contributed by atoms with Crippen molar-refractivity contribution in [3.8, 4) is 5.75 Å². The molecule has 2 N–H and O–H groups in total. The summed E-state index contributed by atoms with van der Waals surface area (Å²) in [5.74, 6) is 0.0482. The normalized spacial score (nSPS) is 11.1. The van der Waals surface area contributed by atoms with Crippen LogP contribution in [0.1, 0.15) is 10.4 Å². The van der Waals surface area contributed by atoms with Gasteiger partial charge in [0, 0.05) is 10.6 Å². The smallest absolute Gasteiger partial charge is 0.266 e. The number of benzene rings is 2. The molecule has 0 saturated carbocycles. The van der Waals surface area contributed by atoms with Crippen LogP contribution in [0.25, 0.3) is 0 Å². The lowest BCUT2D eigenvalue weighted by Gasteiger charge is -2.10. The molecule has 122 valence electrons. The van der Waals surface area contributed by atoms with Crippen molar-refractivity contribution in [1.29, 1.82) is 0 Å². The van der Waals surface area contributed by atoms with Gasteiger partial charge in [0.05, 0.1) is 15.6 Å². The van der Waals surface area contributed by atoms with Gasteiger partial charge >= 0.3 is 0 Å². The third kappa shape index (κ3) is 4.56. The van der Waals surface area contributed by atoms with Crippen LogP contribution in [0.3, 0.4) is 0 Å². The molecular weight excluding hydrogens is 455 g/mol. The van der Waals surface area contributed by atoms with Crippen molar-refractivity contribution in [3.05, 3.63) is 56.6 Å². The van der Waals surface area contributed by atoms with Crippen molar-refractivity contribution < 1.29 is 17.9 Å². The van der Waals surface area contributed by atoms with Crippen LogP contribution in [0.5, 0.6) is 5.75 Å². The van der Waals surface area contributed by atoms with Gasteiger partial charge in [0.2, 0.25) is 0 Å². The van der Waals surface area contributed by atoms with Crippen molar-refractivity contribution in [3.63, 3.8) is 0 Å². The summed E-state index contributed by atoms with van der Waals surface area (Å²) in [4.78, 5) is 14.1. The van der Waals surface area contributed by atoms with Crippen LogP contribution in [0.2, 0.25) is 5.02 Å². The van der Waals surface area contributed by atoms with E-state index in [4.69, 9.17) is 16.3 Å². The van der Waals surface area contributed by atoms with Crippen LogP contribution in [0.4, 0.5) is 0 Å². The average Bonchev–Trinajstić information content (AvgIpc) is 2.53. The molecule has 0 radical (unpaired) electrons. The quantitative estimate of drug-likeness (QED) is 0.524. The maximum Gasteiger partial charge on any atom is 0.266 e. The Kier molecular flexibility index (Phi) is 5.84. The van der Waals surface area contributed by atoms with Crippen molar-refractivity contribution in [1.82, 2.24) is 10.3 Å². The van der Waals surface area contributed by atoms with E-state index in [9.17, 15) is 13.2 Å². The number of amides is 1. The van der Waals surface area contributed by atoms with Gasteiger partial charge in [0.25, 0.3) is 15.9 Å². The highest BCUT2D eigenvalue weighted by Crippen LogP contribution is 2.21. The van der Waals surface area contributed by atoms with E-state index in [0.717, 1.165) is 3.57 Å². The molecule has 0 aromatic heterocycles. The lowest BCUT2D eigenvalue weighted by molar-refractivity contribution is 0.0945. The molecule has 6 nitrogen and oxygen atoms in total. The molecule has 0 aliphatic carbocycles. The fourth-order valence-electron chi connectivity index (χ4n) is 1.67. The van der Waals surface area contributed by atoms with Crippen LogP contribution in [0.15, 0.2) is 47.4 Å². The Balaban J connectivity index is 2.09. The monoisotopic (exact) mass is 466 g/mol. The molecule has 2 aromatic rings. The van der Waals surface area contributed by atoms with Gasteiger partial charge in [-0.15, -0.1) is 4.83 Å². The Morgan fingerprint density at radius 1 is 1.17 bits per heavy atom. The summed E-state index contributed by atoms with van der Waals surface area (Å²) in [5, 5.41) is 0.417. The van der Waals surface area contributed by atoms with E-state index in [-0.39, 0.29) is 4.90 Å². The van der Waals surface area contributed by atoms with Crippen LogP contribution >= 0.6 is 34.2 Å². The minimum absolute atomic E-state index is 0.00786. The molecule has 0 bridgehead atoms. The van der Waals surface area contributed by atoms with E-state index in [1.165, 1.54) is 37.4 Å². The van der Waals surface area contributed by atoms with Gasteiger partial charge in [0.1, 0.15) is 5.75 Å². The number of methoxy groups -OCH3 is 1. The first kappa shape index (κ1) is 18.0. The molecule has 1 amide bonds. The Morgan fingerprint density at radius 3 is 2.39 bits per heavy atom. The Bertz CT molecular complexity index is 825. The molecule has 0 aliphatic heterocycles. The van der Waals surface area contributed by atoms with Crippen LogP contribution in [0, 0.1) is 3.57 Å². The molecule has 0 atom stereocenters. The summed E-state index contributed by atoms with van der Waals surface area (Å²) in [7, 11) is -2.34. The zero-order valence-electron chi connectivity index (χ0n) is 11.8. The second kappa shape index (κ2) is 7.47. The number of ether oxygens (including phenoxy) is 1. The van der Waals surface area contributed by atoms with E-state index < -0.39 is 15.9 Å². The molecule has 2 rings (SSSR count). The van der Waals surface area contributed by atoms with Crippen molar-refractivity contribution >= 4 is 50.1 Å². The minimum Gasteiger partial charge on any atom is -0.496 e. The summed E-state index contributed by atoms with van der Waals surface area (Å²) >= 11 is 7.73. The molecule has 0 saturated heterocycles. The fourth-order valence-corrected chi connectivity index (χ4v) is 3.37. The van der Waals surface area contributed by atoms with Gasteiger partial charge in [0.15, 0.2) is 0 Å². The van der Waals surface area contributed by atoms with Gasteiger partial charge < -0.3 is 4.74 Å². The molecule has 0 aliphatic rings. The zero-order chi connectivity index (χ0) is 17.0. The predicted octanol–water partition coefficient (Wildman–Crippen LogP) is 2.58. The van der Waals surface area contributed by atoms with Gasteiger partial charge in [-0.3, -0.25) is 10.2 Å². The largest absolute Gasteiger partial charge is 0.496 e. The lowest BCUT2D eigenvalue weighted by atomic mass is 10.2. The second-order valence-corrected chi connectivity index (χ2v) is 7.64. The van der Waals surface area contributed by atoms with Crippen molar-refractivity contribution in [2.75, 3.05) is 7.11 Å². The van der Waals surface area contributed by atoms with Crippen LogP contribution in [-0.4, -0.2) is 21.4 Å². The Labute approximate surface area is 152 Å². The molecule has 0 heterocycles. The Morgan fingerprint density at radius 2 is 1.83 bits per heavy atom. The molecule has 0 spiro atoms. The maximum atomic E-state index is 12.1. The van der Waals surface area contributed by atoms with E-state index in [2.05, 4.69) is 5.43 Å². The summed E-state index contributed by atoms with van der Waals surface area (Å²) in [5.41, 5.74) is 2.46. The first-order valence-corrected chi connectivity index (χ1v) is 9.19. The fraction of sp³-hybridized carbons (Fsp3) is 0.0714. The third-order valence-electron chi connectivity index (χ3n) is 2.84. The van der Waals surface area contributed by atoms with E-state index in [0.29, 0.717) is 16.3 Å². The lowest BCUT2D eigenvalue weighted by Crippen LogP contribution is -2.41. The number of hydrazine groups is 1. The molecular formula is C14H12ClIN2O4S. The number of nitrogens with one attached hydrogen (secondary N) is 2. The minimum atomic E-state index is -3.87. The first-order chi connectivity index (χ1) is 10.8. The molecule has 2 aromatic carbocycles. The highest BCUT2D eigenvalue weighted by Gasteiger charge is 2.16. The summed E-state index contributed by atoms with van der Waals surface area (Å²) in [6.45, 7) is 0. The van der Waals surface area contributed by atoms with Gasteiger partial charge in [-0.1, -0.05) is 11.6 Å². The number of sulfonamides is 1. The number of hydrogen-bond acceptors (Lipinski definition) is 4. The highest BCUT2D eigenvalue weighted by molar-refractivity contribution is 14.1. The van der Waals surface area contributed by atoms with Crippen molar-refractivity contribution in [2.45, 2.75) is 4.90 Å².